The number of fused-ring (bicyclic) bond motifs is 8. The van der Waals surface area contributed by atoms with Crippen LogP contribution in [-0.2, 0) is 0 Å². The van der Waals surface area contributed by atoms with E-state index in [0.29, 0.717) is 28.6 Å². The van der Waals surface area contributed by atoms with Gasteiger partial charge in [-0.2, -0.15) is 0 Å². The summed E-state index contributed by atoms with van der Waals surface area (Å²) in [5, 5.41) is 1.89. The fraction of sp³-hybridized carbons (Fsp3) is 0.196. The average Bonchev–Trinajstić information content (AvgIpc) is 4.01. The van der Waals surface area contributed by atoms with Gasteiger partial charge in [-0.25, -0.2) is 0 Å². The Hall–Kier alpha value is -5.54. The largest absolute Gasteiger partial charge is 0.537 e. The Kier molecular flexibility index (Phi) is 10.4. The van der Waals surface area contributed by atoms with Gasteiger partial charge in [-0.15, -0.1) is 0 Å². The van der Waals surface area contributed by atoms with Crippen molar-refractivity contribution in [1.82, 2.24) is 23.5 Å². The van der Waals surface area contributed by atoms with Crippen molar-refractivity contribution in [3.63, 3.8) is 0 Å². The van der Waals surface area contributed by atoms with E-state index in [1.54, 1.807) is 0 Å². The minimum absolute atomic E-state index is 0.403. The summed E-state index contributed by atoms with van der Waals surface area (Å²) < 4.78 is 39.6. The molecular formula is C51H47BCl3F2N5. The lowest BCUT2D eigenvalue weighted by atomic mass is 9.79. The van der Waals surface area contributed by atoms with E-state index < -0.39 is 11.3 Å². The minimum atomic E-state index is -4.38. The second kappa shape index (κ2) is 15.4. The van der Waals surface area contributed by atoms with E-state index in [2.05, 4.69) is 127 Å². The highest BCUT2D eigenvalue weighted by Crippen LogP contribution is 2.46. The highest BCUT2D eigenvalue weighted by molar-refractivity contribution is 6.64. The number of H-pyrrole nitrogens is 2. The van der Waals surface area contributed by atoms with Gasteiger partial charge in [0.15, 0.2) is 4.30 Å². The Balaban J connectivity index is 0.00000118. The minimum Gasteiger partial charge on any atom is -0.437 e. The number of aryl methyl sites for hydroxylation is 9. The van der Waals surface area contributed by atoms with Crippen molar-refractivity contribution in [2.75, 3.05) is 0 Å². The van der Waals surface area contributed by atoms with Gasteiger partial charge in [0.25, 0.3) is 0 Å². The lowest BCUT2D eigenvalue weighted by molar-refractivity contribution is 0.519. The fourth-order valence-electron chi connectivity index (χ4n) is 10.5. The molecule has 3 aromatic carbocycles. The summed E-state index contributed by atoms with van der Waals surface area (Å²) in [4.78, 5) is 7.57. The zero-order valence-corrected chi connectivity index (χ0v) is 38.5. The summed E-state index contributed by atoms with van der Waals surface area (Å²) >= 11 is 14.4. The van der Waals surface area contributed by atoms with Crippen molar-refractivity contribution in [2.45, 2.75) is 66.6 Å². The van der Waals surface area contributed by atoms with Crippen LogP contribution in [0.3, 0.4) is 0 Å². The second-order valence-electron chi connectivity index (χ2n) is 17.1. The molecule has 0 saturated heterocycles. The van der Waals surface area contributed by atoms with Gasteiger partial charge in [0.1, 0.15) is 5.92 Å². The molecule has 5 nitrogen and oxygen atoms in total. The molecule has 0 radical (unpaired) electrons. The van der Waals surface area contributed by atoms with Crippen LogP contribution in [0.1, 0.15) is 89.4 Å². The number of halogens is 5. The van der Waals surface area contributed by atoms with E-state index >= 15 is 8.63 Å². The van der Waals surface area contributed by atoms with Gasteiger partial charge in [0.05, 0.1) is 28.5 Å². The molecule has 11 heteroatoms. The number of hydrogen-bond donors (Lipinski definition) is 2. The average molecular weight is 885 g/mol. The summed E-state index contributed by atoms with van der Waals surface area (Å²) in [6.07, 6.45) is 3.94. The van der Waals surface area contributed by atoms with Crippen molar-refractivity contribution in [3.05, 3.63) is 209 Å². The van der Waals surface area contributed by atoms with Gasteiger partial charge in [0, 0.05) is 80.5 Å². The Morgan fingerprint density at radius 3 is 1.61 bits per heavy atom. The molecule has 0 spiro atoms. The van der Waals surface area contributed by atoms with Crippen LogP contribution in [-0.4, -0.2) is 34.8 Å². The van der Waals surface area contributed by atoms with Gasteiger partial charge in [0.2, 0.25) is 0 Å². The van der Waals surface area contributed by atoms with Crippen LogP contribution >= 0.6 is 34.8 Å². The summed E-state index contributed by atoms with van der Waals surface area (Å²) in [7, 11) is 0. The number of aromatic amines is 2. The molecule has 10 rings (SSSR count). The van der Waals surface area contributed by atoms with Crippen LogP contribution in [0.25, 0.3) is 28.4 Å². The van der Waals surface area contributed by atoms with E-state index in [-0.39, 0.29) is 0 Å². The van der Waals surface area contributed by atoms with Crippen molar-refractivity contribution in [1.29, 1.82) is 0 Å². The number of nitrogens with zero attached hydrogens (tertiary/aromatic N) is 3. The first kappa shape index (κ1) is 41.8. The molecule has 7 heterocycles. The van der Waals surface area contributed by atoms with E-state index in [1.165, 1.54) is 20.1 Å². The van der Waals surface area contributed by atoms with E-state index in [4.69, 9.17) is 34.8 Å². The zero-order chi connectivity index (χ0) is 44.1. The van der Waals surface area contributed by atoms with Gasteiger partial charge in [-0.1, -0.05) is 70.2 Å². The normalized spacial score (nSPS) is 13.8. The van der Waals surface area contributed by atoms with Crippen LogP contribution in [0.4, 0.5) is 8.63 Å². The molecular weight excluding hydrogens is 838 g/mol. The summed E-state index contributed by atoms with van der Waals surface area (Å²) in [5.41, 5.74) is 19.3. The van der Waals surface area contributed by atoms with Gasteiger partial charge < -0.3 is 32.1 Å². The molecule has 0 amide bonds. The van der Waals surface area contributed by atoms with Crippen molar-refractivity contribution in [3.8, 4) is 17.2 Å². The Morgan fingerprint density at radius 1 is 0.548 bits per heavy atom. The summed E-state index contributed by atoms with van der Waals surface area (Å²) in [5.74, 6) is 1.20. The van der Waals surface area contributed by atoms with Crippen molar-refractivity contribution >= 4 is 52.9 Å². The number of hydrogen-bond acceptors (Lipinski definition) is 0. The third-order valence-corrected chi connectivity index (χ3v) is 12.4. The summed E-state index contributed by atoms with van der Waals surface area (Å²) in [6, 6.07) is 31.0. The van der Waals surface area contributed by atoms with E-state index in [9.17, 15) is 0 Å². The molecule has 2 aliphatic heterocycles. The monoisotopic (exact) mass is 883 g/mol. The predicted octanol–water partition coefficient (Wildman–Crippen LogP) is 12.1. The molecule has 5 aromatic heterocycles. The third kappa shape index (κ3) is 6.79. The molecule has 62 heavy (non-hydrogen) atoms. The summed E-state index contributed by atoms with van der Waals surface area (Å²) in [6.45, 7) is 14.7. The fourth-order valence-corrected chi connectivity index (χ4v) is 10.5. The number of rotatable bonds is 3. The quantitative estimate of drug-likeness (QED) is 0.101. The van der Waals surface area contributed by atoms with Crippen LogP contribution in [0, 0.1) is 68.2 Å². The van der Waals surface area contributed by atoms with Crippen LogP contribution < -0.4 is 10.7 Å². The SMILES string of the molecule is Cc1cc(C)c(C2=c3ccc([nH]3)=C(c3c(C)cc(C)cc3C)c3ccc([nH]3)-c3ccc4n3[B-](F)(F)n3c(ccc3-n3ccc2c3)[C+]4c2c(C)cc(C)cc2C)c(C)c1.ClC(Cl)Cl. The molecule has 0 unspecified atom stereocenters. The van der Waals surface area contributed by atoms with Crippen LogP contribution in [0.2, 0.25) is 0 Å². The highest BCUT2D eigenvalue weighted by Gasteiger charge is 2.48. The number of benzene rings is 3. The molecule has 314 valence electrons. The molecule has 0 fully saturated rings. The topological polar surface area (TPSA) is 46.4 Å². The molecule has 8 bridgehead atoms. The smallest absolute Gasteiger partial charge is 0.437 e. The molecule has 0 atom stereocenters. The third-order valence-electron chi connectivity index (χ3n) is 12.4. The first-order valence-corrected chi connectivity index (χ1v) is 22.1. The number of nitrogens with one attached hydrogen (secondary N) is 2. The Bertz CT molecular complexity index is 2980. The molecule has 2 N–H and O–H groups in total. The van der Waals surface area contributed by atoms with Crippen LogP contribution in [0.5, 0.6) is 0 Å². The van der Waals surface area contributed by atoms with Crippen molar-refractivity contribution < 1.29 is 8.63 Å². The van der Waals surface area contributed by atoms with E-state index in [1.807, 2.05) is 53.4 Å². The highest BCUT2D eigenvalue weighted by atomic mass is 35.6. The maximum Gasteiger partial charge on any atom is 0.537 e. The standard InChI is InChI=1S/C50H46BF2N5.CHCl3/c1-27-20-30(4)45(31(5)21-27)48-36-18-19-56(26-36)44-17-16-43-50(47-34(8)24-29(3)25-35(47)9)42-15-14-41(57(42)51(52,53)58(43)44)37-10-11-39(54-37)49(40-13-12-38(48)55-40)46-32(6)22-28(2)23-33(46)7;2-1(3)4/h10-26,54-55H,1-9H3;1H. The molecule has 0 aliphatic carbocycles. The van der Waals surface area contributed by atoms with Crippen LogP contribution in [0.15, 0.2) is 103 Å². The Labute approximate surface area is 376 Å². The maximum absolute atomic E-state index is 18.0. The second-order valence-corrected chi connectivity index (χ2v) is 19.1. The molecule has 2 aliphatic rings. The van der Waals surface area contributed by atoms with Gasteiger partial charge in [-0.05, 0) is 150 Å². The molecule has 8 aromatic rings. The first-order chi connectivity index (χ1) is 29.4. The van der Waals surface area contributed by atoms with Gasteiger partial charge in [-0.3, -0.25) is 0 Å². The van der Waals surface area contributed by atoms with Gasteiger partial charge >= 0.3 is 6.97 Å². The van der Waals surface area contributed by atoms with Crippen molar-refractivity contribution in [2.24, 2.45) is 0 Å². The van der Waals surface area contributed by atoms with E-state index in [0.717, 1.165) is 94.7 Å². The Morgan fingerprint density at radius 2 is 1.03 bits per heavy atom. The first-order valence-electron chi connectivity index (χ1n) is 20.8. The lowest BCUT2D eigenvalue weighted by Crippen LogP contribution is -2.50. The number of aromatic nitrogens is 5. The lowest BCUT2D eigenvalue weighted by Gasteiger charge is -2.40. The predicted molar refractivity (Wildman–Crippen MR) is 254 cm³/mol. The zero-order valence-electron chi connectivity index (χ0n) is 36.2. The number of alkyl halides is 3. The molecule has 0 saturated carbocycles. The maximum atomic E-state index is 18.0.